The highest BCUT2D eigenvalue weighted by molar-refractivity contribution is 5.71. The lowest BCUT2D eigenvalue weighted by Gasteiger charge is -2.18. The molecule has 6 heteroatoms. The van der Waals surface area contributed by atoms with Crippen molar-refractivity contribution < 1.29 is 28.6 Å². The number of unbranched alkanes of at least 4 members (excludes halogenated alkanes) is 42. The number of rotatable bonds is 57. The number of carbonyl (C=O) groups is 3. The fraction of sp³-hybridized carbons (Fsp3) is 0.889. The van der Waals surface area contributed by atoms with E-state index in [1.165, 1.54) is 244 Å². The largest absolute Gasteiger partial charge is 0.462 e. The van der Waals surface area contributed by atoms with Gasteiger partial charge in [0.2, 0.25) is 0 Å². The summed E-state index contributed by atoms with van der Waals surface area (Å²) in [6.45, 7) is 6.68. The van der Waals surface area contributed by atoms with E-state index in [2.05, 4.69) is 45.1 Å². The fourth-order valence-electron chi connectivity index (χ4n) is 9.26. The number of allylic oxidation sites excluding steroid dienone is 4. The maximum absolute atomic E-state index is 12.9. The highest BCUT2D eigenvalue weighted by Crippen LogP contribution is 2.17. The summed E-state index contributed by atoms with van der Waals surface area (Å²) in [7, 11) is 0. The summed E-state index contributed by atoms with van der Waals surface area (Å²) in [6.07, 6.45) is 68.9. The van der Waals surface area contributed by atoms with Crippen LogP contribution in [0.2, 0.25) is 0 Å². The van der Waals surface area contributed by atoms with E-state index >= 15 is 0 Å². The maximum Gasteiger partial charge on any atom is 0.306 e. The second-order valence-electron chi connectivity index (χ2n) is 21.0. The molecule has 0 aromatic carbocycles. The summed E-state index contributed by atoms with van der Waals surface area (Å²) < 4.78 is 16.9. The molecule has 0 heterocycles. The van der Waals surface area contributed by atoms with Crippen molar-refractivity contribution in [1.82, 2.24) is 0 Å². The normalized spacial score (nSPS) is 12.1. The van der Waals surface area contributed by atoms with Crippen LogP contribution in [0.3, 0.4) is 0 Å². The Morgan fingerprint density at radius 3 is 0.739 bits per heavy atom. The molecule has 406 valence electrons. The van der Waals surface area contributed by atoms with Crippen LogP contribution in [-0.4, -0.2) is 37.2 Å². The van der Waals surface area contributed by atoms with Gasteiger partial charge in [0, 0.05) is 19.3 Å². The van der Waals surface area contributed by atoms with Gasteiger partial charge in [0.05, 0.1) is 0 Å². The smallest absolute Gasteiger partial charge is 0.306 e. The van der Waals surface area contributed by atoms with E-state index in [9.17, 15) is 14.4 Å². The van der Waals surface area contributed by atoms with Crippen LogP contribution in [0.15, 0.2) is 24.3 Å². The van der Waals surface area contributed by atoms with Gasteiger partial charge in [-0.25, -0.2) is 0 Å². The van der Waals surface area contributed by atoms with E-state index in [4.69, 9.17) is 14.2 Å². The summed E-state index contributed by atoms with van der Waals surface area (Å²) in [6, 6.07) is 0. The molecule has 0 spiro atoms. The van der Waals surface area contributed by atoms with Crippen molar-refractivity contribution >= 4 is 17.9 Å². The van der Waals surface area contributed by atoms with E-state index in [1.54, 1.807) is 0 Å². The molecule has 0 bridgehead atoms. The lowest BCUT2D eigenvalue weighted by atomic mass is 10.0. The fourth-order valence-corrected chi connectivity index (χ4v) is 9.26. The zero-order valence-electron chi connectivity index (χ0n) is 46.6. The monoisotopic (exact) mass is 971 g/mol. The van der Waals surface area contributed by atoms with Gasteiger partial charge in [-0.3, -0.25) is 14.4 Å². The quantitative estimate of drug-likeness (QED) is 0.0261. The van der Waals surface area contributed by atoms with Gasteiger partial charge in [0.25, 0.3) is 0 Å². The Balaban J connectivity index is 4.29. The first-order valence-electron chi connectivity index (χ1n) is 30.8. The van der Waals surface area contributed by atoms with E-state index in [-0.39, 0.29) is 31.1 Å². The second kappa shape index (κ2) is 58.5. The molecule has 0 aliphatic heterocycles. The molecule has 1 atom stereocenters. The molecule has 0 aliphatic rings. The lowest BCUT2D eigenvalue weighted by Crippen LogP contribution is -2.30. The van der Waals surface area contributed by atoms with E-state index in [0.29, 0.717) is 19.3 Å². The Kier molecular flexibility index (Phi) is 56.7. The standard InChI is InChI=1S/C63H118O6/c1-4-7-10-13-16-19-22-25-28-29-30-31-32-33-36-38-41-44-47-50-53-56-62(65)68-59-60(69-63(66)57-54-51-48-45-42-39-35-27-24-21-18-15-12-9-6-3)58-67-61(64)55-52-49-46-43-40-37-34-26-23-20-17-14-11-8-5-2/h20,23,25,28,60H,4-19,21-22,24,26-27,29-59H2,1-3H3/b23-20-,28-25-/t60-/m0/s1. The van der Waals surface area contributed by atoms with E-state index < -0.39 is 6.10 Å². The summed E-state index contributed by atoms with van der Waals surface area (Å²) in [5, 5.41) is 0. The van der Waals surface area contributed by atoms with Gasteiger partial charge in [-0.15, -0.1) is 0 Å². The average molecular weight is 972 g/mol. The SMILES string of the molecule is CCCCCC/C=C\CCCCCCCCCC(=O)OC[C@@H](COC(=O)CCCCCCCCCCCCC/C=C\CCCCCCCC)OC(=O)CCCCCCCCCCCCCCCCC. The van der Waals surface area contributed by atoms with Gasteiger partial charge in [-0.2, -0.15) is 0 Å². The highest BCUT2D eigenvalue weighted by Gasteiger charge is 2.19. The molecule has 0 saturated carbocycles. The Bertz CT molecular complexity index is 1110. The number of carbonyl (C=O) groups excluding carboxylic acids is 3. The molecule has 0 aromatic rings. The Morgan fingerprint density at radius 2 is 0.478 bits per heavy atom. The van der Waals surface area contributed by atoms with Crippen LogP contribution >= 0.6 is 0 Å². The van der Waals surface area contributed by atoms with E-state index in [0.717, 1.165) is 57.8 Å². The van der Waals surface area contributed by atoms with Crippen molar-refractivity contribution in [3.8, 4) is 0 Å². The average Bonchev–Trinajstić information content (AvgIpc) is 3.35. The van der Waals surface area contributed by atoms with Crippen LogP contribution < -0.4 is 0 Å². The zero-order chi connectivity index (χ0) is 50.0. The van der Waals surface area contributed by atoms with Gasteiger partial charge in [0.1, 0.15) is 13.2 Å². The van der Waals surface area contributed by atoms with Crippen molar-refractivity contribution in [3.63, 3.8) is 0 Å². The third kappa shape index (κ3) is 56.7. The van der Waals surface area contributed by atoms with Gasteiger partial charge >= 0.3 is 17.9 Å². The maximum atomic E-state index is 12.9. The van der Waals surface area contributed by atoms with Crippen molar-refractivity contribution in [1.29, 1.82) is 0 Å². The van der Waals surface area contributed by atoms with Gasteiger partial charge in [-0.1, -0.05) is 276 Å². The van der Waals surface area contributed by atoms with Crippen molar-refractivity contribution in [3.05, 3.63) is 24.3 Å². The van der Waals surface area contributed by atoms with Crippen LogP contribution in [0.25, 0.3) is 0 Å². The molecule has 0 aromatic heterocycles. The zero-order valence-corrected chi connectivity index (χ0v) is 46.6. The highest BCUT2D eigenvalue weighted by atomic mass is 16.6. The first-order chi connectivity index (χ1) is 34.0. The topological polar surface area (TPSA) is 78.9 Å². The number of esters is 3. The van der Waals surface area contributed by atoms with Crippen molar-refractivity contribution in [2.45, 2.75) is 348 Å². The molecule has 0 radical (unpaired) electrons. The van der Waals surface area contributed by atoms with Crippen LogP contribution in [-0.2, 0) is 28.6 Å². The van der Waals surface area contributed by atoms with Gasteiger partial charge < -0.3 is 14.2 Å². The summed E-state index contributed by atoms with van der Waals surface area (Å²) >= 11 is 0. The minimum atomic E-state index is -0.769. The Labute approximate surface area is 430 Å². The third-order valence-corrected chi connectivity index (χ3v) is 13.9. The first kappa shape index (κ1) is 66.9. The van der Waals surface area contributed by atoms with Crippen LogP contribution in [0.1, 0.15) is 342 Å². The summed E-state index contributed by atoms with van der Waals surface area (Å²) in [5.41, 5.74) is 0. The van der Waals surface area contributed by atoms with Crippen LogP contribution in [0.5, 0.6) is 0 Å². The second-order valence-corrected chi connectivity index (χ2v) is 21.0. The van der Waals surface area contributed by atoms with Gasteiger partial charge in [0.15, 0.2) is 6.10 Å². The Morgan fingerprint density at radius 1 is 0.275 bits per heavy atom. The van der Waals surface area contributed by atoms with E-state index in [1.807, 2.05) is 0 Å². The molecule has 6 nitrogen and oxygen atoms in total. The summed E-state index contributed by atoms with van der Waals surface area (Å²) in [4.78, 5) is 38.2. The number of hydrogen-bond acceptors (Lipinski definition) is 6. The minimum absolute atomic E-state index is 0.0680. The van der Waals surface area contributed by atoms with Crippen molar-refractivity contribution in [2.75, 3.05) is 13.2 Å². The Hall–Kier alpha value is -2.11. The number of ether oxygens (including phenoxy) is 3. The molecule has 0 N–H and O–H groups in total. The number of hydrogen-bond donors (Lipinski definition) is 0. The van der Waals surface area contributed by atoms with Gasteiger partial charge in [-0.05, 0) is 70.6 Å². The van der Waals surface area contributed by atoms with Crippen molar-refractivity contribution in [2.24, 2.45) is 0 Å². The molecule has 0 unspecified atom stereocenters. The molecule has 69 heavy (non-hydrogen) atoms. The first-order valence-corrected chi connectivity index (χ1v) is 30.8. The molecule has 0 saturated heterocycles. The van der Waals surface area contributed by atoms with Crippen LogP contribution in [0, 0.1) is 0 Å². The molecule has 0 rings (SSSR count). The molecule has 0 fully saturated rings. The predicted molar refractivity (Wildman–Crippen MR) is 298 cm³/mol. The lowest BCUT2D eigenvalue weighted by molar-refractivity contribution is -0.167. The third-order valence-electron chi connectivity index (χ3n) is 13.9. The van der Waals surface area contributed by atoms with Crippen LogP contribution in [0.4, 0.5) is 0 Å². The molecule has 0 aliphatic carbocycles. The summed E-state index contributed by atoms with van der Waals surface area (Å²) in [5.74, 6) is -0.849. The predicted octanol–water partition coefficient (Wildman–Crippen LogP) is 20.7. The molecular formula is C63H118O6. The molecule has 0 amide bonds. The minimum Gasteiger partial charge on any atom is -0.462 e. The molecular weight excluding hydrogens is 853 g/mol.